The summed E-state index contributed by atoms with van der Waals surface area (Å²) in [4.78, 5) is -0.0254. The Morgan fingerprint density at radius 1 is 0.882 bits per heavy atom. The highest BCUT2D eigenvalue weighted by molar-refractivity contribution is 7.89. The molecule has 0 unspecified atom stereocenters. The number of fused-ring (bicyclic) bond motifs is 1. The average Bonchev–Trinajstić information content (AvgIpc) is 3.29. The fraction of sp³-hybridized carbons (Fsp3) is 0.227. The van der Waals surface area contributed by atoms with E-state index in [9.17, 15) is 8.42 Å². The molecule has 178 valence electrons. The third kappa shape index (κ3) is 4.87. The number of nitrogens with zero attached hydrogens (tertiary/aromatic N) is 4. The van der Waals surface area contributed by atoms with Gasteiger partial charge in [-0.3, -0.25) is 0 Å². The van der Waals surface area contributed by atoms with Crippen molar-refractivity contribution >= 4 is 15.7 Å². The van der Waals surface area contributed by atoms with Crippen molar-refractivity contribution < 1.29 is 27.4 Å². The van der Waals surface area contributed by atoms with Crippen LogP contribution in [-0.4, -0.2) is 62.7 Å². The van der Waals surface area contributed by atoms with Crippen LogP contribution in [-0.2, 0) is 10.0 Å². The summed E-state index contributed by atoms with van der Waals surface area (Å²) in [6, 6.07) is 15.2. The highest BCUT2D eigenvalue weighted by atomic mass is 32.2. The van der Waals surface area contributed by atoms with Crippen LogP contribution in [0, 0.1) is 0 Å². The Bertz CT molecular complexity index is 1390. The molecule has 0 aliphatic carbocycles. The van der Waals surface area contributed by atoms with Crippen molar-refractivity contribution in [2.75, 3.05) is 34.5 Å². The number of aromatic nitrogens is 4. The van der Waals surface area contributed by atoms with Crippen molar-refractivity contribution in [2.24, 2.45) is 0 Å². The predicted octanol–water partition coefficient (Wildman–Crippen LogP) is 2.17. The number of sulfonamides is 1. The zero-order valence-electron chi connectivity index (χ0n) is 18.8. The molecule has 0 saturated heterocycles. The number of hydrogen-bond acceptors (Lipinski definition) is 9. The van der Waals surface area contributed by atoms with Gasteiger partial charge in [-0.05, 0) is 42.5 Å². The second-order valence-corrected chi connectivity index (χ2v) is 8.69. The molecule has 0 amide bonds. The lowest BCUT2D eigenvalue weighted by Gasteiger charge is -2.12. The minimum Gasteiger partial charge on any atom is -0.497 e. The molecule has 2 aromatic carbocycles. The monoisotopic (exact) mass is 485 g/mol. The lowest BCUT2D eigenvalue weighted by molar-refractivity contribution is 0.305. The molecule has 0 atom stereocenters. The van der Waals surface area contributed by atoms with Gasteiger partial charge in [-0.15, -0.1) is 15.3 Å². The molecule has 4 rings (SSSR count). The van der Waals surface area contributed by atoms with Crippen molar-refractivity contribution in [3.63, 3.8) is 0 Å². The van der Waals surface area contributed by atoms with Crippen LogP contribution in [0.4, 0.5) is 0 Å². The lowest BCUT2D eigenvalue weighted by atomic mass is 10.2. The van der Waals surface area contributed by atoms with Crippen molar-refractivity contribution in [3.05, 3.63) is 54.6 Å². The number of benzene rings is 2. The first kappa shape index (κ1) is 23.3. The van der Waals surface area contributed by atoms with E-state index in [-0.39, 0.29) is 23.8 Å². The van der Waals surface area contributed by atoms with Crippen LogP contribution in [0.5, 0.6) is 23.1 Å². The third-order valence-corrected chi connectivity index (χ3v) is 6.37. The van der Waals surface area contributed by atoms with Gasteiger partial charge in [-0.2, -0.15) is 4.52 Å². The van der Waals surface area contributed by atoms with Gasteiger partial charge in [0.15, 0.2) is 11.5 Å². The Kier molecular flexibility index (Phi) is 6.80. The fourth-order valence-corrected chi connectivity index (χ4v) is 4.37. The van der Waals surface area contributed by atoms with Crippen LogP contribution in [0.3, 0.4) is 0 Å². The maximum absolute atomic E-state index is 12.7. The summed E-state index contributed by atoms with van der Waals surface area (Å²) >= 11 is 0. The van der Waals surface area contributed by atoms with Crippen molar-refractivity contribution in [1.29, 1.82) is 0 Å². The van der Waals surface area contributed by atoms with Crippen LogP contribution in [0.25, 0.3) is 17.0 Å². The summed E-state index contributed by atoms with van der Waals surface area (Å²) in [5.74, 6) is 2.16. The number of nitrogens with one attached hydrogen (secondary N) is 1. The first-order valence-corrected chi connectivity index (χ1v) is 11.6. The molecule has 0 aliphatic heterocycles. The van der Waals surface area contributed by atoms with E-state index in [1.807, 2.05) is 24.3 Å². The van der Waals surface area contributed by atoms with Gasteiger partial charge in [-0.1, -0.05) is 0 Å². The summed E-state index contributed by atoms with van der Waals surface area (Å²) in [5.41, 5.74) is 1.35. The van der Waals surface area contributed by atoms with Crippen LogP contribution in [0.1, 0.15) is 0 Å². The molecule has 2 heterocycles. The van der Waals surface area contributed by atoms with E-state index in [0.29, 0.717) is 23.1 Å². The Labute approximate surface area is 196 Å². The number of rotatable bonds is 10. The van der Waals surface area contributed by atoms with E-state index in [1.54, 1.807) is 29.8 Å². The van der Waals surface area contributed by atoms with E-state index in [1.165, 1.54) is 26.4 Å². The van der Waals surface area contributed by atoms with Gasteiger partial charge in [-0.25, -0.2) is 13.1 Å². The fourth-order valence-electron chi connectivity index (χ4n) is 3.17. The van der Waals surface area contributed by atoms with Gasteiger partial charge in [0.05, 0.1) is 21.3 Å². The largest absolute Gasteiger partial charge is 0.497 e. The molecule has 12 heteroatoms. The van der Waals surface area contributed by atoms with Crippen LogP contribution < -0.4 is 23.7 Å². The van der Waals surface area contributed by atoms with Crippen LogP contribution in [0.15, 0.2) is 59.5 Å². The average molecular weight is 486 g/mol. The number of ether oxygens (including phenoxy) is 4. The lowest BCUT2D eigenvalue weighted by Crippen LogP contribution is -2.28. The Hall–Kier alpha value is -3.90. The van der Waals surface area contributed by atoms with E-state index in [2.05, 4.69) is 20.0 Å². The van der Waals surface area contributed by atoms with Crippen molar-refractivity contribution in [3.8, 4) is 34.5 Å². The van der Waals surface area contributed by atoms with Gasteiger partial charge in [0, 0.05) is 24.2 Å². The molecular formula is C22H23N5O6S. The van der Waals surface area contributed by atoms with Crippen molar-refractivity contribution in [2.45, 2.75) is 4.90 Å². The first-order valence-electron chi connectivity index (χ1n) is 10.2. The summed E-state index contributed by atoms with van der Waals surface area (Å²) in [6.07, 6.45) is 0. The smallest absolute Gasteiger partial charge is 0.244 e. The van der Waals surface area contributed by atoms with Gasteiger partial charge < -0.3 is 18.9 Å². The summed E-state index contributed by atoms with van der Waals surface area (Å²) < 4.78 is 50.6. The molecule has 11 nitrogen and oxygen atoms in total. The van der Waals surface area contributed by atoms with Gasteiger partial charge in [0.25, 0.3) is 0 Å². The molecular weight excluding hydrogens is 462 g/mol. The minimum absolute atomic E-state index is 0.00985. The Morgan fingerprint density at radius 3 is 2.32 bits per heavy atom. The SMILES string of the molecule is COc1ccc(-c2nnc3ccc(OCCNS(=O)(=O)c4cc(OC)ccc4OC)nn23)cc1. The second kappa shape index (κ2) is 9.93. The standard InChI is InChI=1S/C22H23N5O6S/c1-30-16-6-4-15(5-7-16)22-25-24-20-10-11-21(26-27(20)22)33-13-12-23-34(28,29)19-14-17(31-2)8-9-18(19)32-3/h4-11,14,23H,12-13H2,1-3H3. The van der Waals surface area contributed by atoms with E-state index in [4.69, 9.17) is 18.9 Å². The van der Waals surface area contributed by atoms with Crippen LogP contribution in [0.2, 0.25) is 0 Å². The quantitative estimate of drug-likeness (QED) is 0.336. The maximum Gasteiger partial charge on any atom is 0.244 e. The highest BCUT2D eigenvalue weighted by Gasteiger charge is 2.20. The summed E-state index contributed by atoms with van der Waals surface area (Å²) in [7, 11) is 0.599. The second-order valence-electron chi connectivity index (χ2n) is 6.96. The van der Waals surface area contributed by atoms with E-state index in [0.717, 1.165) is 11.3 Å². The molecule has 0 radical (unpaired) electrons. The molecule has 0 spiro atoms. The van der Waals surface area contributed by atoms with E-state index >= 15 is 0 Å². The molecule has 0 bridgehead atoms. The summed E-state index contributed by atoms with van der Waals surface area (Å²) in [5, 5.41) is 12.7. The van der Waals surface area contributed by atoms with E-state index < -0.39 is 10.0 Å². The van der Waals surface area contributed by atoms with Crippen LogP contribution >= 0.6 is 0 Å². The predicted molar refractivity (Wildman–Crippen MR) is 123 cm³/mol. The maximum atomic E-state index is 12.7. The molecule has 0 saturated carbocycles. The number of methoxy groups -OCH3 is 3. The normalized spacial score (nSPS) is 11.4. The highest BCUT2D eigenvalue weighted by Crippen LogP contribution is 2.28. The summed E-state index contributed by atoms with van der Waals surface area (Å²) in [6.45, 7) is 0.0555. The third-order valence-electron chi connectivity index (χ3n) is 4.89. The first-order chi connectivity index (χ1) is 16.4. The molecule has 34 heavy (non-hydrogen) atoms. The zero-order chi connectivity index (χ0) is 24.1. The molecule has 0 fully saturated rings. The molecule has 1 N–H and O–H groups in total. The Balaban J connectivity index is 1.44. The number of hydrogen-bond donors (Lipinski definition) is 1. The van der Waals surface area contributed by atoms with Crippen molar-refractivity contribution in [1.82, 2.24) is 24.5 Å². The van der Waals surface area contributed by atoms with Gasteiger partial charge in [0.1, 0.15) is 28.8 Å². The Morgan fingerprint density at radius 2 is 1.62 bits per heavy atom. The topological polar surface area (TPSA) is 126 Å². The molecule has 2 aromatic heterocycles. The molecule has 0 aliphatic rings. The van der Waals surface area contributed by atoms with Gasteiger partial charge >= 0.3 is 0 Å². The minimum atomic E-state index is -3.86. The zero-order valence-corrected chi connectivity index (χ0v) is 19.6. The van der Waals surface area contributed by atoms with Gasteiger partial charge in [0.2, 0.25) is 15.9 Å². The molecule has 4 aromatic rings.